The highest BCUT2D eigenvalue weighted by Crippen LogP contribution is 2.30. The predicted molar refractivity (Wildman–Crippen MR) is 114 cm³/mol. The molecule has 3 aromatic rings. The van der Waals surface area contributed by atoms with Gasteiger partial charge in [0, 0.05) is 17.8 Å². The Morgan fingerprint density at radius 3 is 2.55 bits per heavy atom. The first-order chi connectivity index (χ1) is 14.0. The average Bonchev–Trinajstić information content (AvgIpc) is 3.09. The average molecular weight is 433 g/mol. The molecule has 0 bridgehead atoms. The van der Waals surface area contributed by atoms with Crippen molar-refractivity contribution in [2.45, 2.75) is 18.2 Å². The normalized spacial score (nSPS) is 11.7. The molecular formula is C20H21ClN4O3S. The number of halogens is 1. The van der Waals surface area contributed by atoms with Crippen molar-refractivity contribution in [3.63, 3.8) is 0 Å². The molecule has 152 valence electrons. The lowest BCUT2D eigenvalue weighted by molar-refractivity contribution is -0.113. The number of methoxy groups -OCH3 is 1. The Hall–Kier alpha value is -2.71. The third-order valence-electron chi connectivity index (χ3n) is 4.07. The first-order valence-electron chi connectivity index (χ1n) is 8.85. The molecule has 3 rings (SSSR count). The standard InChI is InChI=1S/C20H21ClN4O3S/c1-13(28-17-7-5-4-6-16(17)27-3)19-23-24-20(25(19)2)29-12-18(26)22-15-10-8-14(21)9-11-15/h4-11,13H,12H2,1-3H3,(H,22,26). The van der Waals surface area contributed by atoms with Crippen LogP contribution in [-0.2, 0) is 11.8 Å². The van der Waals surface area contributed by atoms with E-state index in [4.69, 9.17) is 21.1 Å². The summed E-state index contributed by atoms with van der Waals surface area (Å²) < 4.78 is 13.1. The predicted octanol–water partition coefficient (Wildman–Crippen LogP) is 4.35. The summed E-state index contributed by atoms with van der Waals surface area (Å²) >= 11 is 7.15. The number of anilines is 1. The van der Waals surface area contributed by atoms with Crippen molar-refractivity contribution in [1.29, 1.82) is 0 Å². The van der Waals surface area contributed by atoms with Crippen LogP contribution in [0.1, 0.15) is 18.9 Å². The van der Waals surface area contributed by atoms with Crippen LogP contribution in [0, 0.1) is 0 Å². The number of aromatic nitrogens is 3. The van der Waals surface area contributed by atoms with E-state index in [0.29, 0.717) is 33.2 Å². The van der Waals surface area contributed by atoms with Gasteiger partial charge >= 0.3 is 0 Å². The smallest absolute Gasteiger partial charge is 0.234 e. The van der Waals surface area contributed by atoms with Crippen LogP contribution in [0.5, 0.6) is 11.5 Å². The fourth-order valence-electron chi connectivity index (χ4n) is 2.63. The van der Waals surface area contributed by atoms with Crippen molar-refractivity contribution < 1.29 is 14.3 Å². The van der Waals surface area contributed by atoms with Gasteiger partial charge in [0.25, 0.3) is 0 Å². The summed E-state index contributed by atoms with van der Waals surface area (Å²) in [6.45, 7) is 1.89. The van der Waals surface area contributed by atoms with Crippen LogP contribution in [-0.4, -0.2) is 33.5 Å². The highest BCUT2D eigenvalue weighted by molar-refractivity contribution is 7.99. The molecule has 0 radical (unpaired) electrons. The Kier molecular flexibility index (Phi) is 7.00. The molecule has 0 saturated heterocycles. The fourth-order valence-corrected chi connectivity index (χ4v) is 3.47. The van der Waals surface area contributed by atoms with Crippen LogP contribution in [0.25, 0.3) is 0 Å². The van der Waals surface area contributed by atoms with E-state index >= 15 is 0 Å². The van der Waals surface area contributed by atoms with Crippen molar-refractivity contribution in [2.75, 3.05) is 18.2 Å². The van der Waals surface area contributed by atoms with Crippen LogP contribution in [0.3, 0.4) is 0 Å². The highest BCUT2D eigenvalue weighted by atomic mass is 35.5. The Labute approximate surface area is 178 Å². The Balaban J connectivity index is 1.59. The zero-order valence-electron chi connectivity index (χ0n) is 16.3. The maximum atomic E-state index is 12.2. The lowest BCUT2D eigenvalue weighted by Gasteiger charge is -2.16. The van der Waals surface area contributed by atoms with Crippen molar-refractivity contribution >= 4 is 35.0 Å². The maximum absolute atomic E-state index is 12.2. The molecule has 0 spiro atoms. The van der Waals surface area contributed by atoms with Crippen LogP contribution < -0.4 is 14.8 Å². The summed E-state index contributed by atoms with van der Waals surface area (Å²) in [5.41, 5.74) is 0.692. The minimum absolute atomic E-state index is 0.139. The van der Waals surface area contributed by atoms with E-state index < -0.39 is 0 Å². The number of nitrogens with zero attached hydrogens (tertiary/aromatic N) is 3. The number of hydrogen-bond donors (Lipinski definition) is 1. The van der Waals surface area contributed by atoms with Gasteiger partial charge in [0.1, 0.15) is 0 Å². The Morgan fingerprint density at radius 1 is 1.17 bits per heavy atom. The molecule has 9 heteroatoms. The molecule has 7 nitrogen and oxygen atoms in total. The number of carbonyl (C=O) groups is 1. The minimum atomic E-state index is -0.346. The second-order valence-corrected chi connectivity index (χ2v) is 7.53. The number of amides is 1. The van der Waals surface area contributed by atoms with Gasteiger partial charge in [-0.05, 0) is 43.3 Å². The maximum Gasteiger partial charge on any atom is 0.234 e. The number of para-hydroxylation sites is 2. The number of thioether (sulfide) groups is 1. The summed E-state index contributed by atoms with van der Waals surface area (Å²) in [5, 5.41) is 12.5. The Morgan fingerprint density at radius 2 is 1.86 bits per heavy atom. The SMILES string of the molecule is COc1ccccc1OC(C)c1nnc(SCC(=O)Nc2ccc(Cl)cc2)n1C. The fraction of sp³-hybridized carbons (Fsp3) is 0.250. The van der Waals surface area contributed by atoms with Gasteiger partial charge in [-0.3, -0.25) is 4.79 Å². The largest absolute Gasteiger partial charge is 0.493 e. The summed E-state index contributed by atoms with van der Waals surface area (Å²) in [6, 6.07) is 14.4. The molecule has 0 aliphatic heterocycles. The van der Waals surface area contributed by atoms with Gasteiger partial charge in [-0.1, -0.05) is 35.5 Å². The highest BCUT2D eigenvalue weighted by Gasteiger charge is 2.19. The van der Waals surface area contributed by atoms with Gasteiger partial charge in [0.15, 0.2) is 28.6 Å². The lowest BCUT2D eigenvalue weighted by Crippen LogP contribution is -2.14. The van der Waals surface area contributed by atoms with E-state index in [1.807, 2.05) is 42.8 Å². The van der Waals surface area contributed by atoms with Crippen LogP contribution >= 0.6 is 23.4 Å². The first-order valence-corrected chi connectivity index (χ1v) is 10.2. The first kappa shape index (κ1) is 21.0. The lowest BCUT2D eigenvalue weighted by atomic mass is 10.3. The molecule has 0 saturated carbocycles. The quantitative estimate of drug-likeness (QED) is 0.533. The number of hydrogen-bond acceptors (Lipinski definition) is 6. The van der Waals surface area contributed by atoms with Crippen molar-refractivity contribution in [3.8, 4) is 11.5 Å². The van der Waals surface area contributed by atoms with Gasteiger partial charge in [0.05, 0.1) is 12.9 Å². The molecule has 29 heavy (non-hydrogen) atoms. The van der Waals surface area contributed by atoms with Crippen LogP contribution in [0.2, 0.25) is 5.02 Å². The van der Waals surface area contributed by atoms with Gasteiger partial charge < -0.3 is 19.4 Å². The Bertz CT molecular complexity index is 978. The molecule has 1 unspecified atom stereocenters. The van der Waals surface area contributed by atoms with Gasteiger partial charge in [-0.15, -0.1) is 10.2 Å². The molecule has 0 aliphatic carbocycles. The topological polar surface area (TPSA) is 78.3 Å². The number of rotatable bonds is 8. The molecule has 1 heterocycles. The van der Waals surface area contributed by atoms with Crippen molar-refractivity contribution in [3.05, 3.63) is 59.4 Å². The second kappa shape index (κ2) is 9.67. The summed E-state index contributed by atoms with van der Waals surface area (Å²) in [5.74, 6) is 1.99. The summed E-state index contributed by atoms with van der Waals surface area (Å²) in [4.78, 5) is 12.2. The van der Waals surface area contributed by atoms with Crippen molar-refractivity contribution in [1.82, 2.24) is 14.8 Å². The van der Waals surface area contributed by atoms with Crippen LogP contribution in [0.15, 0.2) is 53.7 Å². The number of carbonyl (C=O) groups excluding carboxylic acids is 1. The second-order valence-electron chi connectivity index (χ2n) is 6.15. The molecule has 1 amide bonds. The van der Waals surface area contributed by atoms with E-state index in [1.54, 1.807) is 31.4 Å². The van der Waals surface area contributed by atoms with Gasteiger partial charge in [0.2, 0.25) is 5.91 Å². The molecule has 1 atom stereocenters. The third kappa shape index (κ3) is 5.42. The molecule has 2 aromatic carbocycles. The van der Waals surface area contributed by atoms with E-state index in [0.717, 1.165) is 0 Å². The summed E-state index contributed by atoms with van der Waals surface area (Å²) in [6.07, 6.45) is -0.346. The number of nitrogens with one attached hydrogen (secondary N) is 1. The number of ether oxygens (including phenoxy) is 2. The molecular weight excluding hydrogens is 412 g/mol. The van der Waals surface area contributed by atoms with E-state index in [9.17, 15) is 4.79 Å². The van der Waals surface area contributed by atoms with Crippen molar-refractivity contribution in [2.24, 2.45) is 7.05 Å². The summed E-state index contributed by atoms with van der Waals surface area (Å²) in [7, 11) is 3.44. The number of benzene rings is 2. The molecule has 0 aliphatic rings. The molecule has 0 fully saturated rings. The van der Waals surface area contributed by atoms with Gasteiger partial charge in [-0.25, -0.2) is 0 Å². The molecule has 1 N–H and O–H groups in total. The minimum Gasteiger partial charge on any atom is -0.493 e. The van der Waals surface area contributed by atoms with E-state index in [1.165, 1.54) is 11.8 Å². The third-order valence-corrected chi connectivity index (χ3v) is 5.34. The monoisotopic (exact) mass is 432 g/mol. The zero-order valence-corrected chi connectivity index (χ0v) is 17.8. The van der Waals surface area contributed by atoms with Gasteiger partial charge in [-0.2, -0.15) is 0 Å². The van der Waals surface area contributed by atoms with E-state index in [2.05, 4.69) is 15.5 Å². The zero-order chi connectivity index (χ0) is 20.8. The van der Waals surface area contributed by atoms with Crippen LogP contribution in [0.4, 0.5) is 5.69 Å². The van der Waals surface area contributed by atoms with E-state index in [-0.39, 0.29) is 17.8 Å². The molecule has 1 aromatic heterocycles.